The number of hydrogen-bond acceptors (Lipinski definition) is 2. The van der Waals surface area contributed by atoms with Gasteiger partial charge < -0.3 is 5.11 Å². The molecule has 0 aliphatic rings. The monoisotopic (exact) mass is 125 g/mol. The molecule has 0 saturated carbocycles. The molecule has 3 nitrogen and oxygen atoms in total. The van der Waals surface area contributed by atoms with Crippen LogP contribution in [0.5, 0.6) is 5.75 Å². The van der Waals surface area contributed by atoms with Crippen LogP contribution < -0.4 is 4.57 Å². The van der Waals surface area contributed by atoms with Crippen molar-refractivity contribution >= 4 is 0 Å². The Kier molecular flexibility index (Phi) is 1.34. The predicted octanol–water partition coefficient (Wildman–Crippen LogP) is -0.0799. The van der Waals surface area contributed by atoms with Gasteiger partial charge in [0.05, 0.1) is 7.05 Å². The number of aromatic nitrogens is 2. The van der Waals surface area contributed by atoms with Crippen LogP contribution in [0, 0.1) is 6.92 Å². The summed E-state index contributed by atoms with van der Waals surface area (Å²) in [7, 11) is 1.84. The normalized spacial score (nSPS) is 9.56. The van der Waals surface area contributed by atoms with Crippen molar-refractivity contribution in [3.8, 4) is 5.75 Å². The van der Waals surface area contributed by atoms with Crippen LogP contribution in [-0.2, 0) is 7.05 Å². The summed E-state index contributed by atoms with van der Waals surface area (Å²) in [6.07, 6.45) is 3.04. The molecule has 0 amide bonds. The molecule has 0 unspecified atom stereocenters. The van der Waals surface area contributed by atoms with Gasteiger partial charge in [0.15, 0.2) is 11.9 Å². The summed E-state index contributed by atoms with van der Waals surface area (Å²) in [5.41, 5.74) is 0. The summed E-state index contributed by atoms with van der Waals surface area (Å²) in [5.74, 6) is 1.08. The Balaban J connectivity index is 3.17. The van der Waals surface area contributed by atoms with Crippen LogP contribution >= 0.6 is 0 Å². The van der Waals surface area contributed by atoms with Crippen molar-refractivity contribution in [3.05, 3.63) is 18.2 Å². The van der Waals surface area contributed by atoms with Crippen molar-refractivity contribution in [2.75, 3.05) is 0 Å². The molecule has 1 aromatic heterocycles. The molecule has 0 fully saturated rings. The van der Waals surface area contributed by atoms with Gasteiger partial charge in [-0.25, -0.2) is 4.57 Å². The highest BCUT2D eigenvalue weighted by molar-refractivity contribution is 5.04. The van der Waals surface area contributed by atoms with Crippen molar-refractivity contribution in [3.63, 3.8) is 0 Å². The summed E-state index contributed by atoms with van der Waals surface area (Å²) in [4.78, 5) is 3.89. The van der Waals surface area contributed by atoms with E-state index in [2.05, 4.69) is 4.98 Å². The molecule has 0 radical (unpaired) electrons. The molecule has 1 N–H and O–H groups in total. The molecular weight excluding hydrogens is 116 g/mol. The van der Waals surface area contributed by atoms with Gasteiger partial charge in [0, 0.05) is 6.92 Å². The van der Waals surface area contributed by atoms with Crippen LogP contribution in [0.2, 0.25) is 0 Å². The third-order valence-electron chi connectivity index (χ3n) is 1.22. The topological polar surface area (TPSA) is 37.0 Å². The van der Waals surface area contributed by atoms with E-state index < -0.39 is 0 Å². The van der Waals surface area contributed by atoms with Gasteiger partial charge in [0.1, 0.15) is 6.20 Å². The number of hydrogen-bond donors (Lipinski definition) is 1. The second-order valence-corrected chi connectivity index (χ2v) is 1.97. The summed E-state index contributed by atoms with van der Waals surface area (Å²) in [5, 5.41) is 8.85. The molecule has 0 aromatic carbocycles. The van der Waals surface area contributed by atoms with Crippen LogP contribution in [0.1, 0.15) is 5.82 Å². The van der Waals surface area contributed by atoms with E-state index in [1.807, 2.05) is 14.0 Å². The highest BCUT2D eigenvalue weighted by atomic mass is 16.3. The molecule has 0 aliphatic heterocycles. The van der Waals surface area contributed by atoms with E-state index in [4.69, 9.17) is 5.11 Å². The van der Waals surface area contributed by atoms with E-state index in [1.165, 1.54) is 6.20 Å². The fraction of sp³-hybridized carbons (Fsp3) is 0.333. The first-order valence-corrected chi connectivity index (χ1v) is 2.71. The lowest BCUT2D eigenvalue weighted by Crippen LogP contribution is -2.31. The maximum absolute atomic E-state index is 8.85. The summed E-state index contributed by atoms with van der Waals surface area (Å²) in [6, 6.07) is 0. The van der Waals surface area contributed by atoms with Crippen LogP contribution in [-0.4, -0.2) is 10.1 Å². The Labute approximate surface area is 53.6 Å². The maximum Gasteiger partial charge on any atom is 0.295 e. The molecule has 0 spiro atoms. The molecule has 0 atom stereocenters. The van der Waals surface area contributed by atoms with Gasteiger partial charge in [-0.15, -0.1) is 0 Å². The summed E-state index contributed by atoms with van der Waals surface area (Å²) in [6.45, 7) is 1.87. The lowest BCUT2D eigenvalue weighted by Gasteiger charge is -1.90. The Morgan fingerprint density at radius 1 is 1.67 bits per heavy atom. The fourth-order valence-electron chi connectivity index (χ4n) is 0.576. The second kappa shape index (κ2) is 2.01. The van der Waals surface area contributed by atoms with E-state index in [9.17, 15) is 0 Å². The highest BCUT2D eigenvalue weighted by Gasteiger charge is 2.01. The molecule has 0 saturated heterocycles. The van der Waals surface area contributed by atoms with Gasteiger partial charge in [-0.3, -0.25) is 0 Å². The van der Waals surface area contributed by atoms with Crippen LogP contribution in [0.25, 0.3) is 0 Å². The number of rotatable bonds is 0. The van der Waals surface area contributed by atoms with Crippen molar-refractivity contribution in [2.24, 2.45) is 7.05 Å². The Morgan fingerprint density at radius 2 is 2.33 bits per heavy atom. The largest absolute Gasteiger partial charge is 0.502 e. The van der Waals surface area contributed by atoms with E-state index >= 15 is 0 Å². The molecule has 3 heteroatoms. The van der Waals surface area contributed by atoms with Gasteiger partial charge >= 0.3 is 0 Å². The molecule has 1 heterocycles. The average molecular weight is 125 g/mol. The summed E-state index contributed by atoms with van der Waals surface area (Å²) >= 11 is 0. The third kappa shape index (κ3) is 1.16. The zero-order valence-corrected chi connectivity index (χ0v) is 5.50. The Hall–Kier alpha value is -1.12. The predicted molar refractivity (Wildman–Crippen MR) is 31.8 cm³/mol. The SMILES string of the molecule is Cc1ncc(O)c[n+]1C. The van der Waals surface area contributed by atoms with E-state index in [1.54, 1.807) is 10.8 Å². The minimum Gasteiger partial charge on any atom is -0.502 e. The van der Waals surface area contributed by atoms with E-state index in [0.717, 1.165) is 5.82 Å². The third-order valence-corrected chi connectivity index (χ3v) is 1.22. The van der Waals surface area contributed by atoms with Gasteiger partial charge in [0.25, 0.3) is 5.82 Å². The van der Waals surface area contributed by atoms with E-state index in [-0.39, 0.29) is 5.75 Å². The Bertz CT molecular complexity index is 222. The van der Waals surface area contributed by atoms with E-state index in [0.29, 0.717) is 0 Å². The maximum atomic E-state index is 8.85. The lowest BCUT2D eigenvalue weighted by molar-refractivity contribution is -0.681. The summed E-state index contributed by atoms with van der Waals surface area (Å²) < 4.78 is 1.76. The van der Waals surface area contributed by atoms with Crippen molar-refractivity contribution in [1.29, 1.82) is 0 Å². The van der Waals surface area contributed by atoms with Gasteiger partial charge in [-0.2, -0.15) is 0 Å². The van der Waals surface area contributed by atoms with Crippen LogP contribution in [0.15, 0.2) is 12.4 Å². The van der Waals surface area contributed by atoms with Gasteiger partial charge in [0.2, 0.25) is 0 Å². The molecular formula is C6H9N2O+. The minimum absolute atomic E-state index is 0.197. The second-order valence-electron chi connectivity index (χ2n) is 1.97. The number of aryl methyl sites for hydroxylation is 2. The van der Waals surface area contributed by atoms with Gasteiger partial charge in [-0.05, 0) is 0 Å². The number of aromatic hydroxyl groups is 1. The molecule has 48 valence electrons. The zero-order chi connectivity index (χ0) is 6.85. The fourth-order valence-corrected chi connectivity index (χ4v) is 0.576. The van der Waals surface area contributed by atoms with Gasteiger partial charge in [-0.1, -0.05) is 4.98 Å². The van der Waals surface area contributed by atoms with Crippen molar-refractivity contribution in [2.45, 2.75) is 6.92 Å². The average Bonchev–Trinajstić information content (AvgIpc) is 1.80. The quantitative estimate of drug-likeness (QED) is 0.492. The lowest BCUT2D eigenvalue weighted by atomic mass is 10.5. The molecule has 9 heavy (non-hydrogen) atoms. The molecule has 0 aliphatic carbocycles. The first-order valence-electron chi connectivity index (χ1n) is 2.71. The standard InChI is InChI=1S/C6H8N2O/c1-5-7-3-6(9)4-8(5)2/h3-4H,1-2H3/p+1. The first kappa shape index (κ1) is 6.01. The Morgan fingerprint density at radius 3 is 2.78 bits per heavy atom. The smallest absolute Gasteiger partial charge is 0.295 e. The first-order chi connectivity index (χ1) is 4.20. The zero-order valence-electron chi connectivity index (χ0n) is 5.50. The van der Waals surface area contributed by atoms with Crippen molar-refractivity contribution in [1.82, 2.24) is 4.98 Å². The van der Waals surface area contributed by atoms with Crippen LogP contribution in [0.4, 0.5) is 0 Å². The minimum atomic E-state index is 0.197. The molecule has 1 aromatic rings. The molecule has 0 bridgehead atoms. The van der Waals surface area contributed by atoms with Crippen molar-refractivity contribution < 1.29 is 9.67 Å². The number of nitrogens with zero attached hydrogens (tertiary/aromatic N) is 2. The highest BCUT2D eigenvalue weighted by Crippen LogP contribution is 1.98. The van der Waals surface area contributed by atoms with Crippen LogP contribution in [0.3, 0.4) is 0 Å². The molecule has 1 rings (SSSR count).